The molecular formula is C14H10BrN3O2. The van der Waals surface area contributed by atoms with Gasteiger partial charge in [0.2, 0.25) is 5.82 Å². The molecule has 0 aliphatic heterocycles. The van der Waals surface area contributed by atoms with Crippen LogP contribution < -0.4 is 5.73 Å². The molecule has 1 aromatic heterocycles. The average molecular weight is 332 g/mol. The lowest BCUT2D eigenvalue weighted by Gasteiger charge is -2.01. The van der Waals surface area contributed by atoms with E-state index in [2.05, 4.69) is 26.1 Å². The van der Waals surface area contributed by atoms with E-state index in [9.17, 15) is 5.11 Å². The van der Waals surface area contributed by atoms with E-state index in [1.165, 1.54) is 0 Å². The lowest BCUT2D eigenvalue weighted by Crippen LogP contribution is -1.88. The van der Waals surface area contributed by atoms with Crippen molar-refractivity contribution in [2.24, 2.45) is 0 Å². The first kappa shape index (κ1) is 12.7. The first-order valence-corrected chi connectivity index (χ1v) is 6.62. The zero-order chi connectivity index (χ0) is 14.1. The van der Waals surface area contributed by atoms with Crippen molar-refractivity contribution >= 4 is 21.6 Å². The van der Waals surface area contributed by atoms with Crippen molar-refractivity contribution < 1.29 is 9.63 Å². The number of phenolic OH excluding ortho intramolecular Hbond substituents is 1. The Morgan fingerprint density at radius 1 is 1.05 bits per heavy atom. The summed E-state index contributed by atoms with van der Waals surface area (Å²) in [6.45, 7) is 0. The maximum atomic E-state index is 9.92. The van der Waals surface area contributed by atoms with Crippen molar-refractivity contribution in [3.8, 4) is 28.6 Å². The summed E-state index contributed by atoms with van der Waals surface area (Å²) in [5.74, 6) is 0.602. The van der Waals surface area contributed by atoms with Gasteiger partial charge < -0.3 is 15.4 Å². The molecule has 0 atom stereocenters. The molecule has 3 rings (SSSR count). The first-order chi connectivity index (χ1) is 9.66. The molecule has 5 nitrogen and oxygen atoms in total. The van der Waals surface area contributed by atoms with Gasteiger partial charge in [0.1, 0.15) is 0 Å². The third-order valence-electron chi connectivity index (χ3n) is 2.84. The van der Waals surface area contributed by atoms with Gasteiger partial charge in [-0.1, -0.05) is 39.3 Å². The van der Waals surface area contributed by atoms with E-state index >= 15 is 0 Å². The Morgan fingerprint density at radius 2 is 1.80 bits per heavy atom. The number of aromatic nitrogens is 2. The van der Waals surface area contributed by atoms with Crippen LogP contribution in [0.5, 0.6) is 5.75 Å². The number of hydrogen-bond donors (Lipinski definition) is 2. The van der Waals surface area contributed by atoms with Crippen LogP contribution in [0.15, 0.2) is 51.5 Å². The monoisotopic (exact) mass is 331 g/mol. The Kier molecular flexibility index (Phi) is 3.15. The SMILES string of the molecule is Nc1cccc(-c2nc(-c3ccccc3Br)no2)c1O. The summed E-state index contributed by atoms with van der Waals surface area (Å²) >= 11 is 3.43. The second kappa shape index (κ2) is 4.97. The molecule has 1 heterocycles. The molecule has 0 saturated heterocycles. The molecule has 3 N–H and O–H groups in total. The number of phenols is 1. The van der Waals surface area contributed by atoms with Crippen molar-refractivity contribution in [3.63, 3.8) is 0 Å². The van der Waals surface area contributed by atoms with Crippen molar-refractivity contribution in [2.45, 2.75) is 0 Å². The molecular weight excluding hydrogens is 322 g/mol. The number of anilines is 1. The molecule has 2 aromatic carbocycles. The topological polar surface area (TPSA) is 85.2 Å². The Morgan fingerprint density at radius 3 is 2.60 bits per heavy atom. The number of para-hydroxylation sites is 1. The van der Waals surface area contributed by atoms with Crippen molar-refractivity contribution in [1.29, 1.82) is 0 Å². The molecule has 0 unspecified atom stereocenters. The van der Waals surface area contributed by atoms with Crippen molar-refractivity contribution in [2.75, 3.05) is 5.73 Å². The van der Waals surface area contributed by atoms with Crippen LogP contribution in [0.4, 0.5) is 5.69 Å². The van der Waals surface area contributed by atoms with Gasteiger partial charge in [0.15, 0.2) is 5.75 Å². The van der Waals surface area contributed by atoms with Gasteiger partial charge >= 0.3 is 0 Å². The number of halogens is 1. The van der Waals surface area contributed by atoms with E-state index in [1.807, 2.05) is 24.3 Å². The van der Waals surface area contributed by atoms with Gasteiger partial charge in [-0.15, -0.1) is 0 Å². The highest BCUT2D eigenvalue weighted by molar-refractivity contribution is 9.10. The van der Waals surface area contributed by atoms with Crippen LogP contribution in [-0.4, -0.2) is 15.2 Å². The van der Waals surface area contributed by atoms with Gasteiger partial charge in [-0.2, -0.15) is 4.98 Å². The van der Waals surface area contributed by atoms with Gasteiger partial charge in [0.05, 0.1) is 11.3 Å². The number of benzene rings is 2. The molecule has 0 aliphatic rings. The molecule has 0 saturated carbocycles. The zero-order valence-electron chi connectivity index (χ0n) is 10.2. The molecule has 0 radical (unpaired) electrons. The summed E-state index contributed by atoms with van der Waals surface area (Å²) in [4.78, 5) is 4.29. The third-order valence-corrected chi connectivity index (χ3v) is 3.53. The lowest BCUT2D eigenvalue weighted by molar-refractivity contribution is 0.426. The fourth-order valence-electron chi connectivity index (χ4n) is 1.82. The summed E-state index contributed by atoms with van der Waals surface area (Å²) in [5.41, 5.74) is 7.14. The van der Waals surface area contributed by atoms with Crippen LogP contribution in [0, 0.1) is 0 Å². The lowest BCUT2D eigenvalue weighted by atomic mass is 10.1. The standard InChI is InChI=1S/C14H10BrN3O2/c15-10-6-2-1-4-8(10)13-17-14(20-18-13)9-5-3-7-11(16)12(9)19/h1-7,19H,16H2. The Bertz CT molecular complexity index is 771. The van der Waals surface area contributed by atoms with Gasteiger partial charge in [-0.05, 0) is 24.3 Å². The maximum absolute atomic E-state index is 9.92. The minimum Gasteiger partial charge on any atom is -0.505 e. The van der Waals surface area contributed by atoms with Gasteiger partial charge in [-0.3, -0.25) is 0 Å². The highest BCUT2D eigenvalue weighted by Gasteiger charge is 2.16. The highest BCUT2D eigenvalue weighted by Crippen LogP contribution is 2.34. The number of nitrogen functional groups attached to an aromatic ring is 1. The van der Waals surface area contributed by atoms with Gasteiger partial charge in [-0.25, -0.2) is 0 Å². The summed E-state index contributed by atoms with van der Waals surface area (Å²) in [6.07, 6.45) is 0. The number of aromatic hydroxyl groups is 1. The normalized spacial score (nSPS) is 10.7. The zero-order valence-corrected chi connectivity index (χ0v) is 11.8. The second-order valence-corrected chi connectivity index (χ2v) is 5.00. The molecule has 0 aliphatic carbocycles. The molecule has 0 amide bonds. The van der Waals surface area contributed by atoms with E-state index in [1.54, 1.807) is 18.2 Å². The van der Waals surface area contributed by atoms with E-state index < -0.39 is 0 Å². The molecule has 6 heteroatoms. The Hall–Kier alpha value is -2.34. The molecule has 100 valence electrons. The Balaban J connectivity index is 2.07. The van der Waals surface area contributed by atoms with Gasteiger partial charge in [0.25, 0.3) is 5.89 Å². The molecule has 0 fully saturated rings. The van der Waals surface area contributed by atoms with E-state index in [0.29, 0.717) is 11.4 Å². The van der Waals surface area contributed by atoms with Gasteiger partial charge in [0, 0.05) is 10.0 Å². The minimum atomic E-state index is -0.0603. The Labute approximate surface area is 123 Å². The molecule has 20 heavy (non-hydrogen) atoms. The highest BCUT2D eigenvalue weighted by atomic mass is 79.9. The predicted molar refractivity (Wildman–Crippen MR) is 78.9 cm³/mol. The fraction of sp³-hybridized carbons (Fsp3) is 0. The van der Waals surface area contributed by atoms with Crippen molar-refractivity contribution in [1.82, 2.24) is 10.1 Å². The summed E-state index contributed by atoms with van der Waals surface area (Å²) in [5, 5.41) is 13.8. The van der Waals surface area contributed by atoms with E-state index in [0.717, 1.165) is 10.0 Å². The largest absolute Gasteiger partial charge is 0.505 e. The summed E-state index contributed by atoms with van der Waals surface area (Å²) in [7, 11) is 0. The molecule has 3 aromatic rings. The number of hydrogen-bond acceptors (Lipinski definition) is 5. The number of nitrogens with two attached hydrogens (primary N) is 1. The molecule has 0 spiro atoms. The van der Waals surface area contributed by atoms with E-state index in [-0.39, 0.29) is 17.3 Å². The van der Waals surface area contributed by atoms with E-state index in [4.69, 9.17) is 10.3 Å². The molecule has 0 bridgehead atoms. The predicted octanol–water partition coefficient (Wildman–Crippen LogP) is 3.45. The summed E-state index contributed by atoms with van der Waals surface area (Å²) in [6, 6.07) is 12.5. The maximum Gasteiger partial charge on any atom is 0.262 e. The van der Waals surface area contributed by atoms with Crippen LogP contribution in [0.25, 0.3) is 22.8 Å². The van der Waals surface area contributed by atoms with Crippen LogP contribution in [-0.2, 0) is 0 Å². The van der Waals surface area contributed by atoms with Crippen LogP contribution in [0.3, 0.4) is 0 Å². The smallest absolute Gasteiger partial charge is 0.262 e. The number of nitrogens with zero attached hydrogens (tertiary/aromatic N) is 2. The minimum absolute atomic E-state index is 0.0603. The number of rotatable bonds is 2. The van der Waals surface area contributed by atoms with Crippen LogP contribution >= 0.6 is 15.9 Å². The summed E-state index contributed by atoms with van der Waals surface area (Å²) < 4.78 is 6.06. The van der Waals surface area contributed by atoms with Crippen LogP contribution in [0.2, 0.25) is 0 Å². The second-order valence-electron chi connectivity index (χ2n) is 4.15. The first-order valence-electron chi connectivity index (χ1n) is 5.83. The fourth-order valence-corrected chi connectivity index (χ4v) is 2.28. The van der Waals surface area contributed by atoms with Crippen LogP contribution in [0.1, 0.15) is 0 Å². The third kappa shape index (κ3) is 2.14. The average Bonchev–Trinajstić information content (AvgIpc) is 2.92. The quantitative estimate of drug-likeness (QED) is 0.554. The van der Waals surface area contributed by atoms with Crippen molar-refractivity contribution in [3.05, 3.63) is 46.9 Å².